The molecule has 24 heavy (non-hydrogen) atoms. The van der Waals surface area contributed by atoms with Crippen molar-refractivity contribution in [3.63, 3.8) is 0 Å². The first-order valence-corrected chi connectivity index (χ1v) is 9.12. The topological polar surface area (TPSA) is 83.5 Å². The van der Waals surface area contributed by atoms with Gasteiger partial charge >= 0.3 is 15.3 Å². The van der Waals surface area contributed by atoms with Gasteiger partial charge in [0.05, 0.1) is 7.05 Å². The summed E-state index contributed by atoms with van der Waals surface area (Å²) in [6, 6.07) is 7.21. The number of hydrogen-bond donors (Lipinski definition) is 1. The molecule has 1 heterocycles. The van der Waals surface area contributed by atoms with Crippen LogP contribution >= 0.6 is 0 Å². The third-order valence-electron chi connectivity index (χ3n) is 3.88. The molecule has 130 valence electrons. The van der Waals surface area contributed by atoms with E-state index in [0.717, 1.165) is 18.8 Å². The lowest BCUT2D eigenvalue weighted by Crippen LogP contribution is -2.35. The van der Waals surface area contributed by atoms with Gasteiger partial charge in [0, 0.05) is 24.3 Å². The van der Waals surface area contributed by atoms with Gasteiger partial charge in [-0.25, -0.2) is 9.13 Å². The van der Waals surface area contributed by atoms with E-state index >= 15 is 0 Å². The second-order valence-electron chi connectivity index (χ2n) is 5.44. The predicted octanol–water partition coefficient (Wildman–Crippen LogP) is 1.29. The number of Topliss-reactive ketones (excluding diaryl/α,β-unsaturated/α-hetero) is 1. The average molecular weight is 352 g/mol. The molecule has 0 amide bonds. The summed E-state index contributed by atoms with van der Waals surface area (Å²) in [6.45, 7) is 5.71. The third kappa shape index (κ3) is 3.82. The van der Waals surface area contributed by atoms with Crippen LogP contribution in [0.4, 0.5) is 5.69 Å². The van der Waals surface area contributed by atoms with E-state index < -0.39 is 10.1 Å². The Bertz CT molecular complexity index is 822. The van der Waals surface area contributed by atoms with Crippen molar-refractivity contribution in [3.05, 3.63) is 42.2 Å². The van der Waals surface area contributed by atoms with E-state index in [1.807, 2.05) is 12.1 Å². The molecule has 0 aliphatic carbocycles. The Hall–Kier alpha value is -2.19. The molecule has 2 aromatic rings. The number of carbonyl (C=O) groups excluding carboxylic acids is 1. The van der Waals surface area contributed by atoms with Gasteiger partial charge in [-0.1, -0.05) is 0 Å². The summed E-state index contributed by atoms with van der Waals surface area (Å²) in [6.07, 6.45) is 2.92. The Morgan fingerprint density at radius 1 is 1.21 bits per heavy atom. The Morgan fingerprint density at radius 2 is 1.79 bits per heavy atom. The summed E-state index contributed by atoms with van der Waals surface area (Å²) in [4.78, 5) is 14.6. The van der Waals surface area contributed by atoms with Gasteiger partial charge in [0.2, 0.25) is 5.78 Å². The molecule has 2 rings (SSSR count). The number of nitrogens with zero attached hydrogens (tertiary/aromatic N) is 3. The van der Waals surface area contributed by atoms with Gasteiger partial charge in [0.1, 0.15) is 12.4 Å². The normalized spacial score (nSPS) is 11.5. The molecule has 7 nitrogen and oxygen atoms in total. The number of benzene rings is 1. The van der Waals surface area contributed by atoms with Crippen molar-refractivity contribution in [1.82, 2.24) is 4.57 Å². The zero-order valence-electron chi connectivity index (χ0n) is 14.0. The molecule has 0 spiro atoms. The monoisotopic (exact) mass is 352 g/mol. The maximum absolute atomic E-state index is 12.4. The number of carbonyl (C=O) groups is 1. The fraction of sp³-hybridized carbons (Fsp3) is 0.375. The first kappa shape index (κ1) is 18.2. The minimum atomic E-state index is -4.41. The number of anilines is 1. The van der Waals surface area contributed by atoms with Crippen LogP contribution in [-0.2, 0) is 23.7 Å². The SMILES string of the molecule is CCN(CC)c1ccc(C(=O)Cn2cc[n+](C)c2S(=O)(=O)O)cc1. The van der Waals surface area contributed by atoms with Gasteiger partial charge in [-0.05, 0) is 38.1 Å². The Labute approximate surface area is 141 Å². The molecule has 0 aliphatic rings. The van der Waals surface area contributed by atoms with E-state index in [0.29, 0.717) is 5.56 Å². The average Bonchev–Trinajstić information content (AvgIpc) is 2.89. The van der Waals surface area contributed by atoms with Crippen LogP contribution < -0.4 is 9.47 Å². The summed E-state index contributed by atoms with van der Waals surface area (Å²) in [5.74, 6) is -0.234. The predicted molar refractivity (Wildman–Crippen MR) is 89.8 cm³/mol. The first-order valence-electron chi connectivity index (χ1n) is 7.68. The van der Waals surface area contributed by atoms with Gasteiger partial charge < -0.3 is 4.90 Å². The van der Waals surface area contributed by atoms with E-state index in [1.54, 1.807) is 12.1 Å². The molecule has 8 heteroatoms. The molecule has 0 unspecified atom stereocenters. The molecule has 1 aromatic carbocycles. The third-order valence-corrected chi connectivity index (χ3v) is 4.86. The second-order valence-corrected chi connectivity index (χ2v) is 6.75. The van der Waals surface area contributed by atoms with Crippen molar-refractivity contribution in [3.8, 4) is 0 Å². The lowest BCUT2D eigenvalue weighted by Gasteiger charge is -2.20. The van der Waals surface area contributed by atoms with Gasteiger partial charge in [-0.15, -0.1) is 0 Å². The molecule has 0 bridgehead atoms. The van der Waals surface area contributed by atoms with Crippen molar-refractivity contribution in [2.24, 2.45) is 7.05 Å². The van der Waals surface area contributed by atoms with Crippen LogP contribution in [0.5, 0.6) is 0 Å². The highest BCUT2D eigenvalue weighted by atomic mass is 32.2. The van der Waals surface area contributed by atoms with Crippen molar-refractivity contribution in [1.29, 1.82) is 0 Å². The van der Waals surface area contributed by atoms with Gasteiger partial charge in [-0.3, -0.25) is 9.35 Å². The van der Waals surface area contributed by atoms with Crippen molar-refractivity contribution in [2.75, 3.05) is 18.0 Å². The van der Waals surface area contributed by atoms with E-state index in [2.05, 4.69) is 18.7 Å². The quantitative estimate of drug-likeness (QED) is 0.461. The maximum atomic E-state index is 12.4. The lowest BCUT2D eigenvalue weighted by atomic mass is 10.1. The highest BCUT2D eigenvalue weighted by Crippen LogP contribution is 2.16. The van der Waals surface area contributed by atoms with Crippen LogP contribution in [0, 0.1) is 0 Å². The molecule has 0 saturated heterocycles. The molecule has 0 radical (unpaired) electrons. The van der Waals surface area contributed by atoms with Crippen LogP contribution in [0.2, 0.25) is 0 Å². The van der Waals surface area contributed by atoms with Crippen LogP contribution in [0.1, 0.15) is 24.2 Å². The lowest BCUT2D eigenvalue weighted by molar-refractivity contribution is -0.710. The zero-order valence-corrected chi connectivity index (χ0v) is 14.8. The fourth-order valence-corrected chi connectivity index (χ4v) is 3.50. The minimum Gasteiger partial charge on any atom is -0.372 e. The molecule has 0 aliphatic heterocycles. The van der Waals surface area contributed by atoms with Gasteiger partial charge in [-0.2, -0.15) is 8.42 Å². The number of hydrogen-bond acceptors (Lipinski definition) is 4. The van der Waals surface area contributed by atoms with E-state index in [9.17, 15) is 17.8 Å². The summed E-state index contributed by atoms with van der Waals surface area (Å²) < 4.78 is 34.6. The van der Waals surface area contributed by atoms with Crippen LogP contribution in [0.15, 0.2) is 41.8 Å². The largest absolute Gasteiger partial charge is 0.403 e. The zero-order chi connectivity index (χ0) is 17.9. The summed E-state index contributed by atoms with van der Waals surface area (Å²) in [5, 5.41) is -0.324. The number of ketones is 1. The van der Waals surface area contributed by atoms with Gasteiger partial charge in [0.25, 0.3) is 0 Å². The molecule has 1 N–H and O–H groups in total. The standard InChI is InChI=1S/C16H21N3O4S/c1-4-18(5-2)14-8-6-13(7-9-14)15(20)12-19-11-10-17(3)16(19)24(21,22)23/h6-11H,4-5,12H2,1-3H3/p+1. The number of aryl methyl sites for hydroxylation is 1. The first-order chi connectivity index (χ1) is 11.3. The fourth-order valence-electron chi connectivity index (χ4n) is 2.65. The Morgan fingerprint density at radius 3 is 2.29 bits per heavy atom. The minimum absolute atomic E-state index is 0.166. The molecule has 1 aromatic heterocycles. The summed E-state index contributed by atoms with van der Waals surface area (Å²) in [7, 11) is -2.92. The van der Waals surface area contributed by atoms with Crippen LogP contribution in [0.25, 0.3) is 0 Å². The molecule has 0 atom stereocenters. The van der Waals surface area contributed by atoms with E-state index in [-0.39, 0.29) is 17.5 Å². The Balaban J connectivity index is 2.22. The number of imidazole rings is 1. The van der Waals surface area contributed by atoms with Crippen molar-refractivity contribution < 1.29 is 22.3 Å². The maximum Gasteiger partial charge on any atom is 0.403 e. The molecule has 0 fully saturated rings. The van der Waals surface area contributed by atoms with E-state index in [4.69, 9.17) is 0 Å². The molecule has 0 saturated carbocycles. The summed E-state index contributed by atoms with van der Waals surface area (Å²) in [5.41, 5.74) is 1.52. The smallest absolute Gasteiger partial charge is 0.372 e. The highest BCUT2D eigenvalue weighted by Gasteiger charge is 2.29. The van der Waals surface area contributed by atoms with Crippen LogP contribution in [-0.4, -0.2) is 36.4 Å². The van der Waals surface area contributed by atoms with Crippen LogP contribution in [0.3, 0.4) is 0 Å². The van der Waals surface area contributed by atoms with Gasteiger partial charge in [0.15, 0.2) is 6.54 Å². The van der Waals surface area contributed by atoms with Crippen molar-refractivity contribution in [2.45, 2.75) is 25.5 Å². The number of rotatable bonds is 7. The highest BCUT2D eigenvalue weighted by molar-refractivity contribution is 7.85. The summed E-state index contributed by atoms with van der Waals surface area (Å²) >= 11 is 0. The molecular formula is C16H22N3O4S+. The number of aromatic nitrogens is 2. The van der Waals surface area contributed by atoms with Crippen molar-refractivity contribution >= 4 is 21.6 Å². The Kier molecular flexibility index (Phi) is 5.40. The molecular weight excluding hydrogens is 330 g/mol. The van der Waals surface area contributed by atoms with E-state index in [1.165, 1.54) is 28.6 Å². The second kappa shape index (κ2) is 7.14.